The van der Waals surface area contributed by atoms with Crippen molar-refractivity contribution >= 4 is 45.9 Å². The quantitative estimate of drug-likeness (QED) is 0.0885. The van der Waals surface area contributed by atoms with Crippen molar-refractivity contribution in [3.63, 3.8) is 0 Å². The minimum Gasteiger partial charge on any atom is -0.469 e. The molecule has 2 rings (SSSR count). The molecular weight excluding hydrogens is 619 g/mol. The van der Waals surface area contributed by atoms with Crippen molar-refractivity contribution in [2.75, 3.05) is 49.5 Å². The minimum atomic E-state index is -0.225. The number of halogens is 1. The first kappa shape index (κ1) is 36.5. The molecule has 5 N–H and O–H groups in total. The van der Waals surface area contributed by atoms with Crippen LogP contribution < -0.4 is 10.2 Å². The molecule has 11 heteroatoms. The Kier molecular flexibility index (Phi) is 21.0. The van der Waals surface area contributed by atoms with Crippen LogP contribution in [-0.2, 0) is 45.5 Å². The molecule has 0 unspecified atom stereocenters. The molecule has 0 amide bonds. The maximum absolute atomic E-state index is 11.0. The summed E-state index contributed by atoms with van der Waals surface area (Å²) >= 11 is 2.15. The molecule has 0 heterocycles. The number of nitrogens with one attached hydrogen (secondary N) is 1. The van der Waals surface area contributed by atoms with E-state index in [0.29, 0.717) is 38.8 Å². The normalized spacial score (nSPS) is 9.87. The summed E-state index contributed by atoms with van der Waals surface area (Å²) in [4.78, 5) is 25.9. The van der Waals surface area contributed by atoms with Crippen molar-refractivity contribution in [3.8, 4) is 0 Å². The molecule has 2 aromatic rings. The van der Waals surface area contributed by atoms with Crippen molar-refractivity contribution in [2.45, 2.75) is 52.1 Å². The number of anilines is 2. The third-order valence-corrected chi connectivity index (χ3v) is 5.48. The van der Waals surface area contributed by atoms with E-state index in [1.165, 1.54) is 14.2 Å². The van der Waals surface area contributed by atoms with Crippen LogP contribution in [0.15, 0.2) is 36.4 Å². The molecule has 2 aromatic carbocycles. The molecule has 10 nitrogen and oxygen atoms in total. The summed E-state index contributed by atoms with van der Waals surface area (Å²) in [6.07, 6.45) is 2.12. The maximum Gasteiger partial charge on any atom is 0.305 e. The number of hydrogen-bond donors (Lipinski definition) is 5. The highest BCUT2D eigenvalue weighted by molar-refractivity contribution is 14.1. The Hall–Kier alpha value is -2.45. The van der Waals surface area contributed by atoms with Crippen LogP contribution in [0, 0.1) is 0 Å². The second-order valence-corrected chi connectivity index (χ2v) is 8.39. The number of aliphatic hydroxyl groups excluding tert-OH is 4. The van der Waals surface area contributed by atoms with Gasteiger partial charge in [0.2, 0.25) is 0 Å². The van der Waals surface area contributed by atoms with Crippen LogP contribution in [0.25, 0.3) is 0 Å². The van der Waals surface area contributed by atoms with Crippen LogP contribution in [0.4, 0.5) is 11.4 Å². The van der Waals surface area contributed by atoms with E-state index in [-0.39, 0.29) is 38.4 Å². The molecule has 0 saturated carbocycles. The van der Waals surface area contributed by atoms with Crippen molar-refractivity contribution < 1.29 is 39.5 Å². The Morgan fingerprint density at radius 1 is 0.744 bits per heavy atom. The van der Waals surface area contributed by atoms with E-state index < -0.39 is 0 Å². The Morgan fingerprint density at radius 2 is 1.15 bits per heavy atom. The number of carbonyl (C=O) groups is 2. The third-order valence-electron chi connectivity index (χ3n) is 5.48. The Bertz CT molecular complexity index is 930. The lowest BCUT2D eigenvalue weighted by molar-refractivity contribution is -0.141. The number of hydrogen-bond acceptors (Lipinski definition) is 10. The number of benzene rings is 2. The summed E-state index contributed by atoms with van der Waals surface area (Å²) < 4.78 is 9.13. The predicted octanol–water partition coefficient (Wildman–Crippen LogP) is 3.15. The lowest BCUT2D eigenvalue weighted by Crippen LogP contribution is -2.20. The molecule has 220 valence electrons. The van der Waals surface area contributed by atoms with Gasteiger partial charge in [0, 0.05) is 44.4 Å². The van der Waals surface area contributed by atoms with Gasteiger partial charge in [0.15, 0.2) is 0 Å². The van der Waals surface area contributed by atoms with Gasteiger partial charge < -0.3 is 40.1 Å². The molecule has 0 fully saturated rings. The van der Waals surface area contributed by atoms with Crippen LogP contribution in [0.5, 0.6) is 0 Å². The zero-order valence-electron chi connectivity index (χ0n) is 23.3. The lowest BCUT2D eigenvalue weighted by Gasteiger charge is -2.20. The van der Waals surface area contributed by atoms with E-state index in [2.05, 4.69) is 37.4 Å². The topological polar surface area (TPSA) is 149 Å². The number of aliphatic hydroxyl groups is 4. The summed E-state index contributed by atoms with van der Waals surface area (Å²) in [5.74, 6) is -0.439. The zero-order chi connectivity index (χ0) is 29.6. The molecule has 0 aliphatic rings. The fourth-order valence-electron chi connectivity index (χ4n) is 3.45. The number of rotatable bonds is 14. The number of alkyl halides is 1. The zero-order valence-corrected chi connectivity index (χ0v) is 25.4. The average Bonchev–Trinajstić information content (AvgIpc) is 2.99. The minimum absolute atomic E-state index is 0.0587. The van der Waals surface area contributed by atoms with Crippen LogP contribution >= 0.6 is 22.6 Å². The summed E-state index contributed by atoms with van der Waals surface area (Å²) in [7, 11) is 4.66. The Morgan fingerprint density at radius 3 is 1.56 bits per heavy atom. The molecule has 0 saturated heterocycles. The van der Waals surface area contributed by atoms with Crippen molar-refractivity contribution in [1.82, 2.24) is 0 Å². The standard InChI is InChI=1S/C14H21NO4.C13H19NO4.CH3I/c1-15(5-3-4-14(18)19-2)13-7-11(9-16)6-12(8-13)10-17;1-18-13(17)3-2-4-14-12-6-10(8-15)5-11(7-12)9-16;1-2/h6-8,16-17H,3-5,9-10H2,1-2H3;5-7,14-16H,2-4,8-9H2,1H3;1H3. The summed E-state index contributed by atoms with van der Waals surface area (Å²) in [6, 6.07) is 10.9. The fraction of sp³-hybridized carbons (Fsp3) is 0.500. The van der Waals surface area contributed by atoms with E-state index in [4.69, 9.17) is 10.2 Å². The molecule has 0 radical (unpaired) electrons. The molecule has 0 aliphatic heterocycles. The first-order chi connectivity index (χ1) is 18.8. The number of carbonyl (C=O) groups excluding carboxylic acids is 2. The number of nitrogens with zero attached hydrogens (tertiary/aromatic N) is 1. The van der Waals surface area contributed by atoms with E-state index in [1.807, 2.05) is 41.1 Å². The third kappa shape index (κ3) is 15.7. The van der Waals surface area contributed by atoms with Crippen molar-refractivity contribution in [3.05, 3.63) is 58.7 Å². The molecule has 0 atom stereocenters. The number of esters is 2. The molecule has 0 aliphatic carbocycles. The first-order valence-electron chi connectivity index (χ1n) is 12.5. The van der Waals surface area contributed by atoms with Gasteiger partial charge in [-0.25, -0.2) is 0 Å². The second-order valence-electron chi connectivity index (χ2n) is 8.39. The number of methoxy groups -OCH3 is 2. The van der Waals surface area contributed by atoms with Gasteiger partial charge in [-0.1, -0.05) is 34.7 Å². The monoisotopic (exact) mass is 662 g/mol. The van der Waals surface area contributed by atoms with E-state index in [0.717, 1.165) is 33.6 Å². The second kappa shape index (κ2) is 22.4. The van der Waals surface area contributed by atoms with E-state index in [1.54, 1.807) is 12.1 Å². The van der Waals surface area contributed by atoms with E-state index in [9.17, 15) is 19.8 Å². The fourth-order valence-corrected chi connectivity index (χ4v) is 3.45. The highest BCUT2D eigenvalue weighted by atomic mass is 127. The summed E-state index contributed by atoms with van der Waals surface area (Å²) in [6.45, 7) is 1.09. The molecule has 39 heavy (non-hydrogen) atoms. The lowest BCUT2D eigenvalue weighted by atomic mass is 10.1. The average molecular weight is 663 g/mol. The molecular formula is C28H43IN2O8. The van der Waals surface area contributed by atoms with Crippen LogP contribution in [0.1, 0.15) is 47.9 Å². The first-order valence-corrected chi connectivity index (χ1v) is 14.6. The Labute approximate surface area is 245 Å². The largest absolute Gasteiger partial charge is 0.469 e. The smallest absolute Gasteiger partial charge is 0.305 e. The number of ether oxygens (including phenoxy) is 2. The molecule has 0 spiro atoms. The van der Waals surface area contributed by atoms with Crippen LogP contribution in [0.2, 0.25) is 0 Å². The van der Waals surface area contributed by atoms with Crippen LogP contribution in [-0.4, -0.2) is 71.7 Å². The molecule has 0 bridgehead atoms. The maximum atomic E-state index is 11.0. The van der Waals surface area contributed by atoms with E-state index >= 15 is 0 Å². The van der Waals surface area contributed by atoms with Crippen molar-refractivity contribution in [2.24, 2.45) is 0 Å². The van der Waals surface area contributed by atoms with Gasteiger partial charge in [0.1, 0.15) is 0 Å². The predicted molar refractivity (Wildman–Crippen MR) is 161 cm³/mol. The highest BCUT2D eigenvalue weighted by Gasteiger charge is 2.07. The van der Waals surface area contributed by atoms with Gasteiger partial charge in [-0.05, 0) is 64.3 Å². The van der Waals surface area contributed by atoms with Crippen LogP contribution in [0.3, 0.4) is 0 Å². The summed E-state index contributed by atoms with van der Waals surface area (Å²) in [5, 5.41) is 39.7. The van der Waals surface area contributed by atoms with Gasteiger partial charge >= 0.3 is 11.9 Å². The highest BCUT2D eigenvalue weighted by Crippen LogP contribution is 2.19. The van der Waals surface area contributed by atoms with Gasteiger partial charge in [-0.2, -0.15) is 0 Å². The van der Waals surface area contributed by atoms with Gasteiger partial charge in [0.05, 0.1) is 40.6 Å². The SMILES string of the molecule is CI.COC(=O)CCCN(C)c1cc(CO)cc(CO)c1.COC(=O)CCCNc1cc(CO)cc(CO)c1. The van der Waals surface area contributed by atoms with Crippen molar-refractivity contribution in [1.29, 1.82) is 0 Å². The molecule has 0 aromatic heterocycles. The van der Waals surface area contributed by atoms with Gasteiger partial charge in [0.25, 0.3) is 0 Å². The summed E-state index contributed by atoms with van der Waals surface area (Å²) in [5.41, 5.74) is 4.77. The Balaban J connectivity index is 0.000000697. The van der Waals surface area contributed by atoms with Gasteiger partial charge in [-0.3, -0.25) is 9.59 Å². The van der Waals surface area contributed by atoms with Gasteiger partial charge in [-0.15, -0.1) is 0 Å².